The first kappa shape index (κ1) is 26.2. The van der Waals surface area contributed by atoms with Crippen molar-refractivity contribution in [2.24, 2.45) is 5.92 Å². The first-order chi connectivity index (χ1) is 11.1. The van der Waals surface area contributed by atoms with Crippen LogP contribution in [-0.4, -0.2) is 25.2 Å². The van der Waals surface area contributed by atoms with E-state index >= 15 is 0 Å². The molecule has 0 heterocycles. The van der Waals surface area contributed by atoms with Crippen molar-refractivity contribution in [3.63, 3.8) is 0 Å². The number of ether oxygens (including phenoxy) is 2. The Balaban J connectivity index is -0.00000242. The topological polar surface area (TPSA) is 52.6 Å². The molecule has 0 aliphatic carbocycles. The quantitative estimate of drug-likeness (QED) is 0.257. The summed E-state index contributed by atoms with van der Waals surface area (Å²) in [5.41, 5.74) is 0. The molecule has 24 heavy (non-hydrogen) atoms. The molecule has 0 N–H and O–H groups in total. The Morgan fingerprint density at radius 1 is 0.792 bits per heavy atom. The molecule has 0 aromatic carbocycles. The van der Waals surface area contributed by atoms with Gasteiger partial charge < -0.3 is 10.9 Å². The Morgan fingerprint density at radius 2 is 1.25 bits per heavy atom. The summed E-state index contributed by atoms with van der Waals surface area (Å²) in [5.74, 6) is -0.0946. The van der Waals surface area contributed by atoms with Crippen LogP contribution in [0.3, 0.4) is 0 Å². The molecule has 0 aromatic rings. The van der Waals surface area contributed by atoms with Gasteiger partial charge in [-0.2, -0.15) is 0 Å². The van der Waals surface area contributed by atoms with E-state index in [1.54, 1.807) is 0 Å². The van der Waals surface area contributed by atoms with Gasteiger partial charge in [0.05, 0.1) is 26.1 Å². The van der Waals surface area contributed by atoms with Crippen LogP contribution >= 0.6 is 0 Å². The molecule has 0 amide bonds. The van der Waals surface area contributed by atoms with E-state index in [4.69, 9.17) is 9.47 Å². The molecule has 4 nitrogen and oxygen atoms in total. The Kier molecular flexibility index (Phi) is 21.0. The van der Waals surface area contributed by atoms with E-state index in [0.717, 1.165) is 19.3 Å². The third-order valence-corrected chi connectivity index (χ3v) is 3.75. The van der Waals surface area contributed by atoms with Gasteiger partial charge in [0.2, 0.25) is 0 Å². The molecule has 0 aliphatic heterocycles. The molecule has 0 radical (unpaired) electrons. The second-order valence-corrected chi connectivity index (χ2v) is 6.60. The van der Waals surface area contributed by atoms with Gasteiger partial charge in [0.15, 0.2) is 0 Å². The predicted molar refractivity (Wildman–Crippen MR) is 94.3 cm³/mol. The van der Waals surface area contributed by atoms with E-state index < -0.39 is 0 Å². The van der Waals surface area contributed by atoms with Gasteiger partial charge in [-0.05, 0) is 18.8 Å². The van der Waals surface area contributed by atoms with Gasteiger partial charge in [0, 0.05) is 0 Å². The molecule has 0 saturated carbocycles. The predicted octanol–water partition coefficient (Wildman–Crippen LogP) is 2.16. The fraction of sp³-hybridized carbons (Fsp3) is 0.895. The average molecular weight is 352 g/mol. The number of hydrogen-bond acceptors (Lipinski definition) is 4. The molecule has 0 bridgehead atoms. The molecule has 138 valence electrons. The van der Waals surface area contributed by atoms with Crippen LogP contribution in [0.25, 0.3) is 0 Å². The summed E-state index contributed by atoms with van der Waals surface area (Å²) in [6.07, 6.45) is 10.9. The van der Waals surface area contributed by atoms with Crippen LogP contribution in [0, 0.1) is 5.92 Å². The van der Waals surface area contributed by atoms with Gasteiger partial charge in [0.1, 0.15) is 0 Å². The molecular weight excluding hydrogens is 315 g/mol. The van der Waals surface area contributed by atoms with Gasteiger partial charge in [-0.1, -0.05) is 65.7 Å². The minimum atomic E-state index is -0.310. The van der Waals surface area contributed by atoms with Crippen LogP contribution in [0.5, 0.6) is 0 Å². The first-order valence-corrected chi connectivity index (χ1v) is 9.37. The number of hydrogen-bond donors (Lipinski definition) is 0. The smallest absolute Gasteiger partial charge is 1.00 e. The Labute approximate surface area is 172 Å². The van der Waals surface area contributed by atoms with Crippen molar-refractivity contribution in [1.29, 1.82) is 0 Å². The van der Waals surface area contributed by atoms with Crippen molar-refractivity contribution in [2.45, 2.75) is 91.4 Å². The molecule has 0 atom stereocenters. The molecule has 0 rings (SSSR count). The maximum atomic E-state index is 11.5. The average Bonchev–Trinajstić information content (AvgIpc) is 2.51. The standard InChI is InChI=1S/C19H36O4.Na.H/c1-4-5-6-7-8-9-10-11-15-22-18(20)12-13-19(21)23-16-14-17(2)3;;/h17H,4-16H2,1-3H3;;/q;+1;-1. The van der Waals surface area contributed by atoms with Gasteiger partial charge in [-0.15, -0.1) is 0 Å². The van der Waals surface area contributed by atoms with Gasteiger partial charge in [0.25, 0.3) is 0 Å². The summed E-state index contributed by atoms with van der Waals surface area (Å²) in [5, 5.41) is 0. The fourth-order valence-electron chi connectivity index (χ4n) is 2.18. The van der Waals surface area contributed by atoms with Crippen LogP contribution in [0.1, 0.15) is 92.8 Å². The first-order valence-electron chi connectivity index (χ1n) is 9.37. The molecule has 0 aliphatic rings. The molecule has 0 saturated heterocycles. The summed E-state index contributed by atoms with van der Waals surface area (Å²) in [6.45, 7) is 7.28. The third kappa shape index (κ3) is 20.0. The molecule has 0 spiro atoms. The van der Waals surface area contributed by atoms with Gasteiger partial charge in [-0.25, -0.2) is 0 Å². The van der Waals surface area contributed by atoms with Crippen molar-refractivity contribution in [1.82, 2.24) is 0 Å². The molecule has 0 aromatic heterocycles. The van der Waals surface area contributed by atoms with E-state index in [2.05, 4.69) is 20.8 Å². The van der Waals surface area contributed by atoms with Crippen molar-refractivity contribution >= 4 is 11.9 Å². The molecule has 5 heteroatoms. The minimum Gasteiger partial charge on any atom is -1.00 e. The zero-order chi connectivity index (χ0) is 17.3. The summed E-state index contributed by atoms with van der Waals surface area (Å²) >= 11 is 0. The van der Waals surface area contributed by atoms with Gasteiger partial charge in [-0.3, -0.25) is 9.59 Å². The second kappa shape index (κ2) is 19.3. The van der Waals surface area contributed by atoms with Crippen molar-refractivity contribution in [2.75, 3.05) is 13.2 Å². The summed E-state index contributed by atoms with van der Waals surface area (Å²) in [7, 11) is 0. The Bertz CT molecular complexity index is 312. The normalized spacial score (nSPS) is 10.3. The summed E-state index contributed by atoms with van der Waals surface area (Å²) in [4.78, 5) is 22.9. The van der Waals surface area contributed by atoms with E-state index in [9.17, 15) is 9.59 Å². The maximum Gasteiger partial charge on any atom is 1.00 e. The number of esters is 2. The third-order valence-electron chi connectivity index (χ3n) is 3.75. The van der Waals surface area contributed by atoms with Crippen LogP contribution in [0.4, 0.5) is 0 Å². The zero-order valence-corrected chi connectivity index (χ0v) is 18.4. The van der Waals surface area contributed by atoms with Crippen LogP contribution < -0.4 is 29.6 Å². The van der Waals surface area contributed by atoms with Crippen LogP contribution in [0.15, 0.2) is 0 Å². The SMILES string of the molecule is CCCCCCCCCCOC(=O)CCC(=O)OCCC(C)C.[H-].[Na+]. The Morgan fingerprint density at radius 3 is 1.75 bits per heavy atom. The van der Waals surface area contributed by atoms with Crippen LogP contribution in [0.2, 0.25) is 0 Å². The van der Waals surface area contributed by atoms with Gasteiger partial charge >= 0.3 is 41.5 Å². The van der Waals surface area contributed by atoms with E-state index in [0.29, 0.717) is 19.1 Å². The summed E-state index contributed by atoms with van der Waals surface area (Å²) < 4.78 is 10.2. The number of carbonyl (C=O) groups is 2. The monoisotopic (exact) mass is 352 g/mol. The summed E-state index contributed by atoms with van der Waals surface area (Å²) in [6, 6.07) is 0. The number of carbonyl (C=O) groups excluding carboxylic acids is 2. The van der Waals surface area contributed by atoms with E-state index in [-0.39, 0.29) is 55.8 Å². The molecule has 0 fully saturated rings. The van der Waals surface area contributed by atoms with E-state index in [1.165, 1.54) is 38.5 Å². The largest absolute Gasteiger partial charge is 1.00 e. The van der Waals surface area contributed by atoms with Crippen molar-refractivity contribution < 1.29 is 50.0 Å². The maximum absolute atomic E-state index is 11.5. The van der Waals surface area contributed by atoms with Crippen molar-refractivity contribution in [3.8, 4) is 0 Å². The second-order valence-electron chi connectivity index (χ2n) is 6.60. The fourth-order valence-corrected chi connectivity index (χ4v) is 2.18. The Hall–Kier alpha value is -0.0600. The van der Waals surface area contributed by atoms with E-state index in [1.807, 2.05) is 0 Å². The van der Waals surface area contributed by atoms with Crippen molar-refractivity contribution in [3.05, 3.63) is 0 Å². The minimum absolute atomic E-state index is 0. The van der Waals surface area contributed by atoms with Crippen LogP contribution in [-0.2, 0) is 19.1 Å². The molecule has 0 unspecified atom stereocenters. The number of unbranched alkanes of at least 4 members (excludes halogenated alkanes) is 7. The zero-order valence-electron chi connectivity index (χ0n) is 17.4. The number of rotatable bonds is 15. The molecular formula is C19H37NaO4.